The van der Waals surface area contributed by atoms with E-state index in [0.29, 0.717) is 17.1 Å². The van der Waals surface area contributed by atoms with Crippen molar-refractivity contribution in [1.82, 2.24) is 4.68 Å². The Balaban J connectivity index is 2.46. The van der Waals surface area contributed by atoms with Crippen molar-refractivity contribution >= 4 is 12.0 Å². The molecule has 23 heavy (non-hydrogen) atoms. The van der Waals surface area contributed by atoms with Crippen LogP contribution in [0.3, 0.4) is 0 Å². The maximum atomic E-state index is 12.0. The van der Waals surface area contributed by atoms with E-state index in [-0.39, 0.29) is 17.5 Å². The zero-order valence-electron chi connectivity index (χ0n) is 13.7. The standard InChI is InChI=1S/C17H21N3O3/c1-11(2)23-17-13(6-5-7-14(17)22-4)10-19-20-15(18)8-12(3)9-16(20)21/h5-11H,18H2,1-4H3/b19-10-. The number of nitrogens with zero attached hydrogens (tertiary/aromatic N) is 2. The van der Waals surface area contributed by atoms with Gasteiger partial charge in [0, 0.05) is 11.6 Å². The van der Waals surface area contributed by atoms with Crippen molar-refractivity contribution in [3.05, 3.63) is 51.8 Å². The van der Waals surface area contributed by atoms with E-state index in [1.54, 1.807) is 13.2 Å². The highest BCUT2D eigenvalue weighted by atomic mass is 16.5. The first-order chi connectivity index (χ1) is 10.9. The lowest BCUT2D eigenvalue weighted by Crippen LogP contribution is -2.19. The van der Waals surface area contributed by atoms with Crippen LogP contribution >= 0.6 is 0 Å². The molecular weight excluding hydrogens is 294 g/mol. The Morgan fingerprint density at radius 1 is 1.30 bits per heavy atom. The maximum absolute atomic E-state index is 12.0. The number of aromatic nitrogens is 1. The second-order valence-electron chi connectivity index (χ2n) is 5.40. The Kier molecular flexibility index (Phi) is 5.05. The van der Waals surface area contributed by atoms with Gasteiger partial charge in [0.2, 0.25) is 0 Å². The van der Waals surface area contributed by atoms with Crippen LogP contribution in [-0.2, 0) is 0 Å². The zero-order valence-corrected chi connectivity index (χ0v) is 13.7. The van der Waals surface area contributed by atoms with Gasteiger partial charge in [0.1, 0.15) is 5.82 Å². The lowest BCUT2D eigenvalue weighted by molar-refractivity contribution is 0.230. The summed E-state index contributed by atoms with van der Waals surface area (Å²) < 4.78 is 12.3. The van der Waals surface area contributed by atoms with Crippen LogP contribution in [0, 0.1) is 6.92 Å². The molecule has 0 aliphatic heterocycles. The molecule has 0 unspecified atom stereocenters. The molecular formula is C17H21N3O3. The summed E-state index contributed by atoms with van der Waals surface area (Å²) in [4.78, 5) is 12.0. The highest BCUT2D eigenvalue weighted by molar-refractivity contribution is 5.85. The molecule has 0 spiro atoms. The molecule has 0 aliphatic carbocycles. The molecule has 6 nitrogen and oxygen atoms in total. The second kappa shape index (κ2) is 7.00. The molecule has 0 radical (unpaired) electrons. The maximum Gasteiger partial charge on any atom is 0.273 e. The largest absolute Gasteiger partial charge is 0.493 e. The molecule has 2 N–H and O–H groups in total. The van der Waals surface area contributed by atoms with Gasteiger partial charge in [-0.05, 0) is 44.5 Å². The highest BCUT2D eigenvalue weighted by Crippen LogP contribution is 2.31. The van der Waals surface area contributed by atoms with Crippen LogP contribution in [0.25, 0.3) is 0 Å². The van der Waals surface area contributed by atoms with E-state index in [2.05, 4.69) is 5.10 Å². The zero-order chi connectivity index (χ0) is 17.0. The van der Waals surface area contributed by atoms with Crippen molar-refractivity contribution in [2.75, 3.05) is 12.8 Å². The number of anilines is 1. The number of benzene rings is 1. The molecule has 1 heterocycles. The number of para-hydroxylation sites is 1. The van der Waals surface area contributed by atoms with E-state index in [0.717, 1.165) is 10.2 Å². The molecule has 0 amide bonds. The molecule has 0 aliphatic rings. The predicted molar refractivity (Wildman–Crippen MR) is 91.6 cm³/mol. The minimum absolute atomic E-state index is 0.0226. The first-order valence-electron chi connectivity index (χ1n) is 7.29. The van der Waals surface area contributed by atoms with Gasteiger partial charge in [0.25, 0.3) is 5.56 Å². The van der Waals surface area contributed by atoms with Crippen molar-refractivity contribution in [2.24, 2.45) is 5.10 Å². The van der Waals surface area contributed by atoms with Crippen LogP contribution < -0.4 is 20.8 Å². The molecule has 0 bridgehead atoms. The average molecular weight is 315 g/mol. The Morgan fingerprint density at radius 3 is 2.65 bits per heavy atom. The van der Waals surface area contributed by atoms with Gasteiger partial charge < -0.3 is 15.2 Å². The summed E-state index contributed by atoms with van der Waals surface area (Å²) in [6, 6.07) is 8.63. The van der Waals surface area contributed by atoms with Crippen molar-refractivity contribution in [3.8, 4) is 11.5 Å². The molecule has 1 aromatic heterocycles. The monoisotopic (exact) mass is 315 g/mol. The van der Waals surface area contributed by atoms with Gasteiger partial charge in [-0.3, -0.25) is 4.79 Å². The fourth-order valence-electron chi connectivity index (χ4n) is 2.12. The third kappa shape index (κ3) is 3.91. The van der Waals surface area contributed by atoms with E-state index >= 15 is 0 Å². The highest BCUT2D eigenvalue weighted by Gasteiger charge is 2.11. The van der Waals surface area contributed by atoms with E-state index in [1.807, 2.05) is 39.0 Å². The summed E-state index contributed by atoms with van der Waals surface area (Å²) in [5.41, 5.74) is 7.06. The van der Waals surface area contributed by atoms with Crippen molar-refractivity contribution < 1.29 is 9.47 Å². The Morgan fingerprint density at radius 2 is 2.04 bits per heavy atom. The summed E-state index contributed by atoms with van der Waals surface area (Å²) in [5.74, 6) is 1.46. The number of nitrogen functional groups attached to an aromatic ring is 1. The Labute approximate surface area is 135 Å². The lowest BCUT2D eigenvalue weighted by atomic mass is 10.2. The van der Waals surface area contributed by atoms with Gasteiger partial charge in [-0.25, -0.2) is 0 Å². The number of hydrogen-bond donors (Lipinski definition) is 1. The molecule has 1 aromatic carbocycles. The summed E-state index contributed by atoms with van der Waals surface area (Å²) >= 11 is 0. The van der Waals surface area contributed by atoms with Crippen LogP contribution in [0.1, 0.15) is 25.0 Å². The molecule has 6 heteroatoms. The van der Waals surface area contributed by atoms with Gasteiger partial charge in [0.05, 0.1) is 19.4 Å². The average Bonchev–Trinajstić information content (AvgIpc) is 2.46. The number of ether oxygens (including phenoxy) is 2. The van der Waals surface area contributed by atoms with Gasteiger partial charge in [-0.1, -0.05) is 6.07 Å². The summed E-state index contributed by atoms with van der Waals surface area (Å²) in [5, 5.41) is 4.18. The molecule has 0 saturated heterocycles. The Hall–Kier alpha value is -2.76. The quantitative estimate of drug-likeness (QED) is 0.859. The van der Waals surface area contributed by atoms with E-state index in [1.165, 1.54) is 12.3 Å². The van der Waals surface area contributed by atoms with Crippen LogP contribution in [0.4, 0.5) is 5.82 Å². The smallest absolute Gasteiger partial charge is 0.273 e. The van der Waals surface area contributed by atoms with Gasteiger partial charge in [-0.15, -0.1) is 0 Å². The number of pyridine rings is 1. The van der Waals surface area contributed by atoms with E-state index in [9.17, 15) is 4.79 Å². The molecule has 0 atom stereocenters. The van der Waals surface area contributed by atoms with Gasteiger partial charge >= 0.3 is 0 Å². The van der Waals surface area contributed by atoms with Crippen molar-refractivity contribution in [1.29, 1.82) is 0 Å². The molecule has 122 valence electrons. The fourth-order valence-corrected chi connectivity index (χ4v) is 2.12. The minimum atomic E-state index is -0.284. The summed E-state index contributed by atoms with van der Waals surface area (Å²) in [6.07, 6.45) is 1.51. The third-order valence-electron chi connectivity index (χ3n) is 3.08. The second-order valence-corrected chi connectivity index (χ2v) is 5.40. The Bertz CT molecular complexity index is 779. The number of rotatable bonds is 5. The van der Waals surface area contributed by atoms with Crippen molar-refractivity contribution in [3.63, 3.8) is 0 Å². The number of hydrogen-bond acceptors (Lipinski definition) is 5. The fraction of sp³-hybridized carbons (Fsp3) is 0.294. The number of aryl methyl sites for hydroxylation is 1. The van der Waals surface area contributed by atoms with Gasteiger partial charge in [0.15, 0.2) is 11.5 Å². The minimum Gasteiger partial charge on any atom is -0.493 e. The van der Waals surface area contributed by atoms with Gasteiger partial charge in [-0.2, -0.15) is 9.78 Å². The topological polar surface area (TPSA) is 78.8 Å². The van der Waals surface area contributed by atoms with Crippen LogP contribution in [-0.4, -0.2) is 24.1 Å². The van der Waals surface area contributed by atoms with Crippen molar-refractivity contribution in [2.45, 2.75) is 26.9 Å². The summed E-state index contributed by atoms with van der Waals surface area (Å²) in [6.45, 7) is 5.66. The van der Waals surface area contributed by atoms with E-state index < -0.39 is 0 Å². The van der Waals surface area contributed by atoms with E-state index in [4.69, 9.17) is 15.2 Å². The molecule has 0 saturated carbocycles. The predicted octanol–water partition coefficient (Wildman–Crippen LogP) is 2.42. The molecule has 2 rings (SSSR count). The SMILES string of the molecule is COc1cccc(/C=N\n2c(N)cc(C)cc2=O)c1OC(C)C. The molecule has 2 aromatic rings. The number of methoxy groups -OCH3 is 1. The molecule has 0 fully saturated rings. The first-order valence-corrected chi connectivity index (χ1v) is 7.29. The third-order valence-corrected chi connectivity index (χ3v) is 3.08. The van der Waals surface area contributed by atoms with Crippen LogP contribution in [0.5, 0.6) is 11.5 Å². The van der Waals surface area contributed by atoms with Crippen LogP contribution in [0.2, 0.25) is 0 Å². The van der Waals surface area contributed by atoms with Crippen LogP contribution in [0.15, 0.2) is 40.2 Å². The normalized spacial score (nSPS) is 11.2. The lowest BCUT2D eigenvalue weighted by Gasteiger charge is -2.15. The summed E-state index contributed by atoms with van der Waals surface area (Å²) in [7, 11) is 1.58. The number of nitrogens with two attached hydrogens (primary N) is 1. The first kappa shape index (κ1) is 16.6.